The molecule has 0 aliphatic carbocycles. The van der Waals surface area contributed by atoms with Crippen molar-refractivity contribution in [2.45, 2.75) is 17.7 Å². The molecule has 0 unspecified atom stereocenters. The lowest BCUT2D eigenvalue weighted by atomic mass is 10.1. The van der Waals surface area contributed by atoms with Crippen LogP contribution in [-0.2, 0) is 15.0 Å². The second-order valence-corrected chi connectivity index (χ2v) is 5.54. The van der Waals surface area contributed by atoms with Crippen LogP contribution in [0.5, 0.6) is 5.75 Å². The Morgan fingerprint density at radius 3 is 2.33 bits per heavy atom. The summed E-state index contributed by atoms with van der Waals surface area (Å²) in [6.45, 7) is 0.615. The first-order valence-corrected chi connectivity index (χ1v) is 6.09. The van der Waals surface area contributed by atoms with Crippen LogP contribution in [0.2, 0.25) is 0 Å². The van der Waals surface area contributed by atoms with Crippen molar-refractivity contribution in [3.05, 3.63) is 23.8 Å². The van der Waals surface area contributed by atoms with Gasteiger partial charge in [-0.25, -0.2) is 17.2 Å². The Bertz CT molecular complexity index is 479. The summed E-state index contributed by atoms with van der Waals surface area (Å²) in [6.07, 6.45) is 0. The highest BCUT2D eigenvalue weighted by Crippen LogP contribution is 2.33. The van der Waals surface area contributed by atoms with E-state index in [9.17, 15) is 17.2 Å². The fourth-order valence-electron chi connectivity index (χ4n) is 0.982. The lowest BCUT2D eigenvalue weighted by Crippen LogP contribution is -2.07. The smallest absolute Gasteiger partial charge is 0.270 e. The normalized spacial score (nSPS) is 12.8. The fourth-order valence-corrected chi connectivity index (χ4v) is 1.94. The molecule has 0 saturated heterocycles. The molecule has 0 bridgehead atoms. The zero-order valence-electron chi connectivity index (χ0n) is 7.54. The second kappa shape index (κ2) is 3.61. The molecule has 0 aromatic heterocycles. The minimum Gasteiger partial charge on any atom is -0.507 e. The Labute approximate surface area is 89.7 Å². The zero-order valence-corrected chi connectivity index (χ0v) is 9.11. The van der Waals surface area contributed by atoms with Crippen LogP contribution < -0.4 is 0 Å². The van der Waals surface area contributed by atoms with Gasteiger partial charge in [0.05, 0.1) is 0 Å². The van der Waals surface area contributed by atoms with E-state index < -0.39 is 31.2 Å². The molecule has 0 saturated carbocycles. The van der Waals surface area contributed by atoms with Crippen molar-refractivity contribution < 1.29 is 22.3 Å². The molecule has 1 aromatic rings. The average molecular weight is 257 g/mol. The van der Waals surface area contributed by atoms with Crippen LogP contribution in [0.15, 0.2) is 23.1 Å². The molecule has 0 atom stereocenters. The van der Waals surface area contributed by atoms with Gasteiger partial charge in [-0.3, -0.25) is 0 Å². The number of hydrogen-bond donors (Lipinski definition) is 1. The molecule has 1 aromatic carbocycles. The third kappa shape index (κ3) is 2.79. The predicted molar refractivity (Wildman–Crippen MR) is 50.7 cm³/mol. The van der Waals surface area contributed by atoms with Gasteiger partial charge >= 0.3 is 0 Å². The van der Waals surface area contributed by atoms with Gasteiger partial charge in [0.25, 0.3) is 15.0 Å². The van der Waals surface area contributed by atoms with Crippen molar-refractivity contribution in [2.75, 3.05) is 0 Å². The lowest BCUT2D eigenvalue weighted by molar-refractivity contribution is 0.0172. The first-order chi connectivity index (χ1) is 6.62. The lowest BCUT2D eigenvalue weighted by Gasteiger charge is -2.11. The number of phenols is 1. The van der Waals surface area contributed by atoms with Crippen molar-refractivity contribution in [1.82, 2.24) is 0 Å². The monoisotopic (exact) mass is 256 g/mol. The maximum absolute atomic E-state index is 12.8. The van der Waals surface area contributed by atoms with Crippen LogP contribution in [0.3, 0.4) is 0 Å². The Kier molecular flexibility index (Phi) is 2.93. The molecule has 0 radical (unpaired) electrons. The molecule has 1 N–H and O–H groups in total. The molecule has 0 fully saturated rings. The number of alkyl halides is 2. The molecular formula is C8H7ClF2O3S. The van der Waals surface area contributed by atoms with Gasteiger partial charge in [0.15, 0.2) is 0 Å². The standard InChI is InChI=1S/C8H7ClF2O3S/c1-8(10,11)5-2-3-6(12)7(4-5)15(9,13)14/h2-4,12H,1H3. The highest BCUT2D eigenvalue weighted by Gasteiger charge is 2.27. The molecule has 1 rings (SSSR count). The van der Waals surface area contributed by atoms with Gasteiger partial charge in [0.2, 0.25) is 0 Å². The molecule has 0 spiro atoms. The molecule has 15 heavy (non-hydrogen) atoms. The number of halogens is 3. The molecule has 3 nitrogen and oxygen atoms in total. The number of rotatable bonds is 2. The van der Waals surface area contributed by atoms with E-state index in [0.29, 0.717) is 13.0 Å². The van der Waals surface area contributed by atoms with E-state index in [1.807, 2.05) is 0 Å². The average Bonchev–Trinajstić information content (AvgIpc) is 2.00. The maximum atomic E-state index is 12.8. The first kappa shape index (κ1) is 12.2. The van der Waals surface area contributed by atoms with E-state index in [-0.39, 0.29) is 0 Å². The molecule has 0 amide bonds. The van der Waals surface area contributed by atoms with Gasteiger partial charge in [-0.05, 0) is 18.2 Å². The first-order valence-electron chi connectivity index (χ1n) is 3.78. The largest absolute Gasteiger partial charge is 0.507 e. The molecular weight excluding hydrogens is 250 g/mol. The quantitative estimate of drug-likeness (QED) is 0.827. The Balaban J connectivity index is 3.43. The predicted octanol–water partition coefficient (Wildman–Crippen LogP) is 2.43. The van der Waals surface area contributed by atoms with Gasteiger partial charge in [0.1, 0.15) is 10.6 Å². The number of aromatic hydroxyl groups is 1. The van der Waals surface area contributed by atoms with Gasteiger partial charge in [-0.1, -0.05) is 0 Å². The van der Waals surface area contributed by atoms with E-state index in [1.54, 1.807) is 0 Å². The summed E-state index contributed by atoms with van der Waals surface area (Å²) in [4.78, 5) is -0.719. The SMILES string of the molecule is CC(F)(F)c1ccc(O)c(S(=O)(=O)Cl)c1. The van der Waals surface area contributed by atoms with Gasteiger partial charge < -0.3 is 5.11 Å². The molecule has 84 valence electrons. The van der Waals surface area contributed by atoms with E-state index in [1.165, 1.54) is 0 Å². The van der Waals surface area contributed by atoms with Crippen LogP contribution in [0.4, 0.5) is 8.78 Å². The topological polar surface area (TPSA) is 54.4 Å². The van der Waals surface area contributed by atoms with Gasteiger partial charge in [-0.2, -0.15) is 0 Å². The zero-order chi connectivity index (χ0) is 11.9. The highest BCUT2D eigenvalue weighted by molar-refractivity contribution is 8.13. The molecule has 7 heteroatoms. The summed E-state index contributed by atoms with van der Waals surface area (Å²) in [6, 6.07) is 2.45. The van der Waals surface area contributed by atoms with Crippen LogP contribution in [0, 0.1) is 0 Å². The van der Waals surface area contributed by atoms with Crippen LogP contribution in [0.1, 0.15) is 12.5 Å². The number of phenolic OH excluding ortho intramolecular Hbond substituents is 1. The van der Waals surface area contributed by atoms with Crippen molar-refractivity contribution in [3.8, 4) is 5.75 Å². The Hall–Kier alpha value is -0.880. The fraction of sp³-hybridized carbons (Fsp3) is 0.250. The molecule has 0 aliphatic rings. The van der Waals surface area contributed by atoms with Crippen LogP contribution in [0.25, 0.3) is 0 Å². The Morgan fingerprint density at radius 1 is 1.40 bits per heavy atom. The van der Waals surface area contributed by atoms with Crippen molar-refractivity contribution >= 4 is 19.7 Å². The minimum atomic E-state index is -4.23. The minimum absolute atomic E-state index is 0.528. The van der Waals surface area contributed by atoms with Gasteiger partial charge in [-0.15, -0.1) is 0 Å². The van der Waals surface area contributed by atoms with E-state index in [2.05, 4.69) is 0 Å². The summed E-state index contributed by atoms with van der Waals surface area (Å²) in [7, 11) is 0.726. The number of benzene rings is 1. The molecule has 0 aliphatic heterocycles. The third-order valence-electron chi connectivity index (χ3n) is 1.73. The van der Waals surface area contributed by atoms with Crippen molar-refractivity contribution in [1.29, 1.82) is 0 Å². The number of hydrogen-bond acceptors (Lipinski definition) is 3. The van der Waals surface area contributed by atoms with Crippen LogP contribution >= 0.6 is 10.7 Å². The van der Waals surface area contributed by atoms with Crippen LogP contribution in [-0.4, -0.2) is 13.5 Å². The summed E-state index contributed by atoms with van der Waals surface area (Å²) >= 11 is 0. The highest BCUT2D eigenvalue weighted by atomic mass is 35.7. The van der Waals surface area contributed by atoms with E-state index in [4.69, 9.17) is 15.8 Å². The van der Waals surface area contributed by atoms with Crippen molar-refractivity contribution in [2.24, 2.45) is 0 Å². The summed E-state index contributed by atoms with van der Waals surface area (Å²) in [5, 5.41) is 9.13. The summed E-state index contributed by atoms with van der Waals surface area (Å²) in [5.41, 5.74) is -0.528. The van der Waals surface area contributed by atoms with E-state index in [0.717, 1.165) is 12.1 Å². The van der Waals surface area contributed by atoms with Crippen molar-refractivity contribution in [3.63, 3.8) is 0 Å². The third-order valence-corrected chi connectivity index (χ3v) is 3.08. The summed E-state index contributed by atoms with van der Waals surface area (Å²) in [5.74, 6) is -3.85. The summed E-state index contributed by atoms with van der Waals surface area (Å²) < 4.78 is 47.5. The second-order valence-electron chi connectivity index (χ2n) is 3.01. The maximum Gasteiger partial charge on any atom is 0.270 e. The van der Waals surface area contributed by atoms with Gasteiger partial charge in [0, 0.05) is 23.2 Å². The molecule has 0 heterocycles. The Morgan fingerprint density at radius 2 is 1.93 bits per heavy atom. The van der Waals surface area contributed by atoms with E-state index >= 15 is 0 Å².